The van der Waals surface area contributed by atoms with Crippen LogP contribution in [-0.2, 0) is 0 Å². The van der Waals surface area contributed by atoms with Crippen LogP contribution in [0.3, 0.4) is 0 Å². The average Bonchev–Trinajstić information content (AvgIpc) is 3.35. The first-order chi connectivity index (χ1) is 14.4. The van der Waals surface area contributed by atoms with Crippen LogP contribution in [-0.4, -0.2) is 25.7 Å². The molecular formula is C22H20FN5OS. The van der Waals surface area contributed by atoms with E-state index in [0.29, 0.717) is 5.69 Å². The first kappa shape index (κ1) is 19.9. The Balaban J connectivity index is 1.49. The maximum absolute atomic E-state index is 14.7. The van der Waals surface area contributed by atoms with E-state index in [-0.39, 0.29) is 17.5 Å². The van der Waals surface area contributed by atoms with Crippen LogP contribution < -0.4 is 5.32 Å². The van der Waals surface area contributed by atoms with Gasteiger partial charge in [-0.15, -0.1) is 11.3 Å². The van der Waals surface area contributed by atoms with E-state index in [1.54, 1.807) is 24.5 Å². The minimum Gasteiger partial charge on any atom is -0.343 e. The van der Waals surface area contributed by atoms with Gasteiger partial charge in [-0.25, -0.2) is 14.1 Å². The molecule has 0 radical (unpaired) electrons. The highest BCUT2D eigenvalue weighted by Crippen LogP contribution is 2.25. The highest BCUT2D eigenvalue weighted by atomic mass is 32.1. The molecule has 1 amide bonds. The van der Waals surface area contributed by atoms with E-state index in [9.17, 15) is 9.18 Å². The van der Waals surface area contributed by atoms with Crippen LogP contribution in [0.5, 0.6) is 0 Å². The number of benzene rings is 1. The number of carbonyl (C=O) groups excluding carboxylic acids is 1. The van der Waals surface area contributed by atoms with Crippen molar-refractivity contribution < 1.29 is 9.18 Å². The van der Waals surface area contributed by atoms with Crippen LogP contribution in [0, 0.1) is 19.7 Å². The fourth-order valence-electron chi connectivity index (χ4n) is 3.18. The Kier molecular flexibility index (Phi) is 5.41. The molecular weight excluding hydrogens is 401 g/mol. The molecule has 0 bridgehead atoms. The summed E-state index contributed by atoms with van der Waals surface area (Å²) in [6, 6.07) is 9.73. The molecule has 6 nitrogen and oxygen atoms in total. The number of aromatic nitrogens is 4. The molecule has 152 valence electrons. The minimum absolute atomic E-state index is 0.246. The summed E-state index contributed by atoms with van der Waals surface area (Å²) in [5.74, 6) is -0.863. The first-order valence-corrected chi connectivity index (χ1v) is 10.3. The summed E-state index contributed by atoms with van der Waals surface area (Å²) in [5, 5.41) is 9.90. The normalized spacial score (nSPS) is 12.0. The Hall–Kier alpha value is -3.39. The second kappa shape index (κ2) is 8.16. The van der Waals surface area contributed by atoms with E-state index in [4.69, 9.17) is 0 Å². The molecule has 3 heterocycles. The van der Waals surface area contributed by atoms with E-state index in [1.807, 2.05) is 44.4 Å². The van der Waals surface area contributed by atoms with Gasteiger partial charge in [-0.1, -0.05) is 0 Å². The largest absolute Gasteiger partial charge is 0.343 e. The number of hydrogen-bond donors (Lipinski definition) is 1. The van der Waals surface area contributed by atoms with Gasteiger partial charge in [-0.05, 0) is 57.2 Å². The second-order valence-electron chi connectivity index (χ2n) is 7.01. The zero-order valence-electron chi connectivity index (χ0n) is 16.8. The lowest BCUT2D eigenvalue weighted by molar-refractivity contribution is 0.0939. The van der Waals surface area contributed by atoms with Gasteiger partial charge < -0.3 is 5.32 Å². The zero-order valence-corrected chi connectivity index (χ0v) is 17.6. The highest BCUT2D eigenvalue weighted by molar-refractivity contribution is 7.10. The maximum Gasteiger partial charge on any atom is 0.251 e. The molecule has 0 spiro atoms. The number of thiazole rings is 1. The fraction of sp³-hybridized carbons (Fsp3) is 0.182. The third-order valence-electron chi connectivity index (χ3n) is 4.66. The lowest BCUT2D eigenvalue weighted by Gasteiger charge is -2.12. The number of halogens is 1. The predicted octanol–water partition coefficient (Wildman–Crippen LogP) is 4.64. The smallest absolute Gasteiger partial charge is 0.251 e. The summed E-state index contributed by atoms with van der Waals surface area (Å²) >= 11 is 1.46. The Morgan fingerprint density at radius 2 is 1.93 bits per heavy atom. The zero-order chi connectivity index (χ0) is 21.3. The lowest BCUT2D eigenvalue weighted by atomic mass is 10.1. The second-order valence-corrected chi connectivity index (χ2v) is 7.90. The number of nitrogens with one attached hydrogen (secondary N) is 1. The molecule has 3 aromatic heterocycles. The Bertz CT molecular complexity index is 1200. The molecule has 0 aliphatic heterocycles. The van der Waals surface area contributed by atoms with Crippen molar-refractivity contribution in [1.82, 2.24) is 25.1 Å². The SMILES string of the molecule is Cc1cc(C)n(-c2ccc(C(=O)NC(C)c3nc(-c4ccncc4)cs3)cc2F)n1. The van der Waals surface area contributed by atoms with Crippen molar-refractivity contribution in [2.24, 2.45) is 0 Å². The number of carbonyl (C=O) groups is 1. The average molecular weight is 422 g/mol. The molecule has 1 N–H and O–H groups in total. The van der Waals surface area contributed by atoms with Gasteiger partial charge in [-0.2, -0.15) is 5.10 Å². The van der Waals surface area contributed by atoms with Gasteiger partial charge in [0.2, 0.25) is 0 Å². The number of nitrogens with zero attached hydrogens (tertiary/aromatic N) is 4. The summed E-state index contributed by atoms with van der Waals surface area (Å²) in [5.41, 5.74) is 3.98. The standard InChI is InChI=1S/C22H20FN5OS/c1-13-10-14(2)28(27-13)20-5-4-17(11-18(20)23)21(29)25-15(3)22-26-19(12-30-22)16-6-8-24-9-7-16/h4-12,15H,1-3H3,(H,25,29). The van der Waals surface area contributed by atoms with Crippen LogP contribution in [0.2, 0.25) is 0 Å². The monoisotopic (exact) mass is 421 g/mol. The molecule has 30 heavy (non-hydrogen) atoms. The summed E-state index contributed by atoms with van der Waals surface area (Å²) < 4.78 is 16.2. The molecule has 0 aliphatic rings. The van der Waals surface area contributed by atoms with Crippen LogP contribution in [0.4, 0.5) is 4.39 Å². The molecule has 1 unspecified atom stereocenters. The van der Waals surface area contributed by atoms with Crippen molar-refractivity contribution in [1.29, 1.82) is 0 Å². The molecule has 8 heteroatoms. The summed E-state index contributed by atoms with van der Waals surface area (Å²) in [7, 11) is 0. The van der Waals surface area contributed by atoms with Gasteiger partial charge in [0.05, 0.1) is 17.4 Å². The minimum atomic E-state index is -0.504. The molecule has 0 fully saturated rings. The van der Waals surface area contributed by atoms with Crippen molar-refractivity contribution in [2.75, 3.05) is 0 Å². The number of amides is 1. The molecule has 1 atom stereocenters. The Labute approximate surface area is 177 Å². The number of hydrogen-bond acceptors (Lipinski definition) is 5. The van der Waals surface area contributed by atoms with Crippen LogP contribution >= 0.6 is 11.3 Å². The first-order valence-electron chi connectivity index (χ1n) is 9.42. The van der Waals surface area contributed by atoms with Gasteiger partial charge in [0.25, 0.3) is 5.91 Å². The molecule has 0 aliphatic carbocycles. The van der Waals surface area contributed by atoms with Gasteiger partial charge >= 0.3 is 0 Å². The third-order valence-corrected chi connectivity index (χ3v) is 5.69. The van der Waals surface area contributed by atoms with Gasteiger partial charge in [0.1, 0.15) is 16.5 Å². The van der Waals surface area contributed by atoms with Gasteiger partial charge in [-0.3, -0.25) is 9.78 Å². The van der Waals surface area contributed by atoms with Gasteiger partial charge in [0.15, 0.2) is 0 Å². The molecule has 4 aromatic rings. The summed E-state index contributed by atoms with van der Waals surface area (Å²) in [6.07, 6.45) is 3.42. The van der Waals surface area contributed by atoms with Crippen LogP contribution in [0.25, 0.3) is 16.9 Å². The fourth-order valence-corrected chi connectivity index (χ4v) is 4.01. The van der Waals surface area contributed by atoms with E-state index >= 15 is 0 Å². The van der Waals surface area contributed by atoms with E-state index in [1.165, 1.54) is 22.1 Å². The van der Waals surface area contributed by atoms with Crippen LogP contribution in [0.1, 0.15) is 39.7 Å². The van der Waals surface area contributed by atoms with E-state index in [2.05, 4.69) is 20.4 Å². The predicted molar refractivity (Wildman–Crippen MR) is 114 cm³/mol. The van der Waals surface area contributed by atoms with E-state index in [0.717, 1.165) is 27.7 Å². The van der Waals surface area contributed by atoms with Crippen molar-refractivity contribution in [3.63, 3.8) is 0 Å². The number of pyridine rings is 1. The van der Waals surface area contributed by atoms with Gasteiger partial charge in [0, 0.05) is 34.6 Å². The topological polar surface area (TPSA) is 72.7 Å². The maximum atomic E-state index is 14.7. The van der Waals surface area contributed by atoms with Crippen molar-refractivity contribution in [2.45, 2.75) is 26.8 Å². The van der Waals surface area contributed by atoms with Crippen LogP contribution in [0.15, 0.2) is 54.2 Å². The Morgan fingerprint density at radius 1 is 1.17 bits per heavy atom. The highest BCUT2D eigenvalue weighted by Gasteiger charge is 2.17. The van der Waals surface area contributed by atoms with Crippen molar-refractivity contribution >= 4 is 17.2 Å². The molecule has 4 rings (SSSR count). The lowest BCUT2D eigenvalue weighted by Crippen LogP contribution is -2.26. The molecule has 0 saturated carbocycles. The van der Waals surface area contributed by atoms with Crippen molar-refractivity contribution in [3.05, 3.63) is 81.9 Å². The number of aryl methyl sites for hydroxylation is 2. The quantitative estimate of drug-likeness (QED) is 0.510. The molecule has 1 aromatic carbocycles. The summed E-state index contributed by atoms with van der Waals surface area (Å²) in [4.78, 5) is 21.3. The third kappa shape index (κ3) is 3.99. The summed E-state index contributed by atoms with van der Waals surface area (Å²) in [6.45, 7) is 5.56. The van der Waals surface area contributed by atoms with E-state index < -0.39 is 5.82 Å². The number of rotatable bonds is 5. The van der Waals surface area contributed by atoms with Crippen molar-refractivity contribution in [3.8, 4) is 16.9 Å². The molecule has 0 saturated heterocycles. The Morgan fingerprint density at radius 3 is 2.60 bits per heavy atom.